The van der Waals surface area contributed by atoms with Crippen molar-refractivity contribution in [3.05, 3.63) is 0 Å². The quantitative estimate of drug-likeness (QED) is 0.266. The number of hydrogen-bond donors (Lipinski definition) is 7. The standard InChI is InChI=1S/C8H18N2O4.C4H11NO2/c1-8(2,3)14-7(13)10-9-6(4-11)5-12;1-5-4(2-6)3-7/h6,9,11-12H,4-5H2,1-3H3,(H,10,13);4-7H,2-3H2,1H3. The Morgan fingerprint density at radius 1 is 1.00 bits per heavy atom. The molecule has 0 fully saturated rings. The molecule has 128 valence electrons. The van der Waals surface area contributed by atoms with Crippen molar-refractivity contribution in [3.63, 3.8) is 0 Å². The van der Waals surface area contributed by atoms with Gasteiger partial charge in [-0.05, 0) is 27.8 Å². The topological polar surface area (TPSA) is 143 Å². The van der Waals surface area contributed by atoms with Gasteiger partial charge in [0.05, 0.1) is 38.5 Å². The monoisotopic (exact) mass is 311 g/mol. The molecule has 0 bridgehead atoms. The molecular formula is C12H29N3O6. The zero-order valence-electron chi connectivity index (χ0n) is 13.1. The average Bonchev–Trinajstić information content (AvgIpc) is 2.40. The Balaban J connectivity index is 0. The largest absolute Gasteiger partial charge is 0.443 e. The fourth-order valence-corrected chi connectivity index (χ4v) is 0.854. The van der Waals surface area contributed by atoms with Crippen molar-refractivity contribution in [2.24, 2.45) is 0 Å². The minimum Gasteiger partial charge on any atom is -0.443 e. The predicted molar refractivity (Wildman–Crippen MR) is 77.5 cm³/mol. The molecule has 9 nitrogen and oxygen atoms in total. The van der Waals surface area contributed by atoms with Crippen molar-refractivity contribution < 1.29 is 30.0 Å². The molecule has 0 aromatic heterocycles. The summed E-state index contributed by atoms with van der Waals surface area (Å²) in [4.78, 5) is 11.0. The van der Waals surface area contributed by atoms with E-state index in [2.05, 4.69) is 16.2 Å². The maximum atomic E-state index is 11.0. The number of amides is 1. The van der Waals surface area contributed by atoms with Crippen molar-refractivity contribution in [1.29, 1.82) is 0 Å². The lowest BCUT2D eigenvalue weighted by molar-refractivity contribution is 0.0465. The molecule has 0 aromatic carbocycles. The van der Waals surface area contributed by atoms with Gasteiger partial charge in [-0.15, -0.1) is 0 Å². The van der Waals surface area contributed by atoms with Crippen molar-refractivity contribution in [2.75, 3.05) is 33.5 Å². The first-order chi connectivity index (χ1) is 9.73. The lowest BCUT2D eigenvalue weighted by Crippen LogP contribution is -2.49. The maximum absolute atomic E-state index is 11.0. The zero-order chi connectivity index (χ0) is 16.9. The van der Waals surface area contributed by atoms with Crippen LogP contribution in [0.5, 0.6) is 0 Å². The van der Waals surface area contributed by atoms with Crippen LogP contribution in [0, 0.1) is 0 Å². The second-order valence-electron chi connectivity index (χ2n) is 5.18. The molecule has 1 amide bonds. The van der Waals surface area contributed by atoms with Crippen LogP contribution in [0.1, 0.15) is 20.8 Å². The number of carbonyl (C=O) groups is 1. The van der Waals surface area contributed by atoms with Gasteiger partial charge in [0.2, 0.25) is 0 Å². The number of hydrazine groups is 1. The summed E-state index contributed by atoms with van der Waals surface area (Å²) in [6.45, 7) is 4.66. The van der Waals surface area contributed by atoms with Crippen LogP contribution >= 0.6 is 0 Å². The van der Waals surface area contributed by atoms with Crippen molar-refractivity contribution in [3.8, 4) is 0 Å². The molecule has 0 aliphatic carbocycles. The van der Waals surface area contributed by atoms with Gasteiger partial charge in [0, 0.05) is 0 Å². The predicted octanol–water partition coefficient (Wildman–Crippen LogP) is -2.07. The first-order valence-corrected chi connectivity index (χ1v) is 6.59. The highest BCUT2D eigenvalue weighted by Gasteiger charge is 2.16. The molecule has 0 radical (unpaired) electrons. The summed E-state index contributed by atoms with van der Waals surface area (Å²) in [6, 6.07) is -0.734. The van der Waals surface area contributed by atoms with Gasteiger partial charge in [-0.25, -0.2) is 10.2 Å². The van der Waals surface area contributed by atoms with E-state index in [1.54, 1.807) is 27.8 Å². The molecule has 9 heteroatoms. The van der Waals surface area contributed by atoms with Gasteiger partial charge < -0.3 is 30.5 Å². The van der Waals surface area contributed by atoms with Crippen LogP contribution in [-0.4, -0.2) is 77.7 Å². The lowest BCUT2D eigenvalue weighted by Gasteiger charge is -2.21. The van der Waals surface area contributed by atoms with E-state index in [1.165, 1.54) is 0 Å². The summed E-state index contributed by atoms with van der Waals surface area (Å²) in [7, 11) is 1.69. The van der Waals surface area contributed by atoms with Crippen molar-refractivity contribution in [2.45, 2.75) is 38.5 Å². The average molecular weight is 311 g/mol. The summed E-state index contributed by atoms with van der Waals surface area (Å²) in [5.74, 6) is 0. The van der Waals surface area contributed by atoms with E-state index < -0.39 is 17.7 Å². The summed E-state index contributed by atoms with van der Waals surface area (Å²) in [5, 5.41) is 36.6. The van der Waals surface area contributed by atoms with Crippen LogP contribution in [0.15, 0.2) is 0 Å². The fourth-order valence-electron chi connectivity index (χ4n) is 0.854. The van der Waals surface area contributed by atoms with Gasteiger partial charge in [-0.1, -0.05) is 0 Å². The summed E-state index contributed by atoms with van der Waals surface area (Å²) >= 11 is 0. The van der Waals surface area contributed by atoms with Gasteiger partial charge in [0.1, 0.15) is 5.60 Å². The molecule has 0 atom stereocenters. The molecule has 0 aliphatic heterocycles. The molecule has 0 aromatic rings. The third-order valence-electron chi connectivity index (χ3n) is 2.07. The molecule has 0 saturated heterocycles. The van der Waals surface area contributed by atoms with Crippen LogP contribution in [0.2, 0.25) is 0 Å². The first-order valence-electron chi connectivity index (χ1n) is 6.59. The van der Waals surface area contributed by atoms with Gasteiger partial charge >= 0.3 is 6.09 Å². The first kappa shape index (κ1) is 22.3. The SMILES string of the molecule is CC(C)(C)OC(=O)NNC(CO)CO.CNC(CO)CO. The molecule has 7 N–H and O–H groups in total. The third kappa shape index (κ3) is 15.2. The smallest absolute Gasteiger partial charge is 0.422 e. The van der Waals surface area contributed by atoms with Gasteiger partial charge in [0.25, 0.3) is 0 Å². The van der Waals surface area contributed by atoms with Crippen LogP contribution in [0.3, 0.4) is 0 Å². The van der Waals surface area contributed by atoms with Crippen LogP contribution in [0.25, 0.3) is 0 Å². The maximum Gasteiger partial charge on any atom is 0.422 e. The van der Waals surface area contributed by atoms with Gasteiger partial charge in [-0.3, -0.25) is 5.43 Å². The zero-order valence-corrected chi connectivity index (χ0v) is 13.1. The van der Waals surface area contributed by atoms with E-state index in [0.717, 1.165) is 0 Å². The number of hydrogen-bond acceptors (Lipinski definition) is 8. The number of aliphatic hydroxyl groups is 4. The van der Waals surface area contributed by atoms with E-state index in [4.69, 9.17) is 25.2 Å². The minimum absolute atomic E-state index is 0.00694. The molecule has 0 unspecified atom stereocenters. The summed E-state index contributed by atoms with van der Waals surface area (Å²) < 4.78 is 4.90. The molecule has 21 heavy (non-hydrogen) atoms. The molecule has 0 heterocycles. The van der Waals surface area contributed by atoms with E-state index in [0.29, 0.717) is 0 Å². The number of rotatable bonds is 7. The Labute approximate surface area is 125 Å². The second kappa shape index (κ2) is 12.7. The molecule has 0 spiro atoms. The van der Waals surface area contributed by atoms with Crippen molar-refractivity contribution >= 4 is 6.09 Å². The van der Waals surface area contributed by atoms with Crippen LogP contribution in [-0.2, 0) is 4.74 Å². The minimum atomic E-state index is -0.649. The van der Waals surface area contributed by atoms with Crippen LogP contribution in [0.4, 0.5) is 4.79 Å². The van der Waals surface area contributed by atoms with Crippen LogP contribution < -0.4 is 16.2 Å². The van der Waals surface area contributed by atoms with E-state index in [1.807, 2.05) is 0 Å². The Hall–Kier alpha value is -0.970. The van der Waals surface area contributed by atoms with Crippen molar-refractivity contribution in [1.82, 2.24) is 16.2 Å². The highest BCUT2D eigenvalue weighted by atomic mass is 16.6. The molecule has 0 aliphatic rings. The number of likely N-dealkylation sites (N-methyl/N-ethyl adjacent to an activating group) is 1. The lowest BCUT2D eigenvalue weighted by atomic mass is 10.2. The molecular weight excluding hydrogens is 282 g/mol. The van der Waals surface area contributed by atoms with E-state index in [-0.39, 0.29) is 32.5 Å². The summed E-state index contributed by atoms with van der Waals surface area (Å²) in [5.41, 5.74) is 4.06. The Bertz CT molecular complexity index is 246. The van der Waals surface area contributed by atoms with Gasteiger partial charge in [0.15, 0.2) is 0 Å². The second-order valence-corrected chi connectivity index (χ2v) is 5.18. The molecule has 0 rings (SSSR count). The summed E-state index contributed by atoms with van der Waals surface area (Å²) in [6.07, 6.45) is -0.649. The number of carbonyl (C=O) groups excluding carboxylic acids is 1. The highest BCUT2D eigenvalue weighted by Crippen LogP contribution is 2.05. The molecule has 0 saturated carbocycles. The highest BCUT2D eigenvalue weighted by molar-refractivity contribution is 5.67. The normalized spacial score (nSPS) is 11.1. The third-order valence-corrected chi connectivity index (χ3v) is 2.07. The van der Waals surface area contributed by atoms with E-state index in [9.17, 15) is 4.79 Å². The number of ether oxygens (including phenoxy) is 1. The number of aliphatic hydroxyl groups excluding tert-OH is 4. The van der Waals surface area contributed by atoms with E-state index >= 15 is 0 Å². The Kier molecular flexibility index (Phi) is 13.5. The fraction of sp³-hybridized carbons (Fsp3) is 0.917. The Morgan fingerprint density at radius 2 is 1.43 bits per heavy atom. The van der Waals surface area contributed by atoms with Gasteiger partial charge in [-0.2, -0.15) is 0 Å². The Morgan fingerprint density at radius 3 is 1.67 bits per heavy atom. The number of nitrogens with one attached hydrogen (secondary N) is 3.